The average Bonchev–Trinajstić information content (AvgIpc) is 1.53. The smallest absolute Gasteiger partial charge is 0.0803 e. The largest absolute Gasteiger partial charge is 0.311 e. The molecule has 0 fully saturated rings. The van der Waals surface area contributed by atoms with Gasteiger partial charge in [-0.2, -0.15) is 0 Å². The van der Waals surface area contributed by atoms with Crippen molar-refractivity contribution in [2.75, 3.05) is 19.6 Å². The number of nitrogens with zero attached hydrogens (tertiary/aromatic N) is 6. The van der Waals surface area contributed by atoms with Gasteiger partial charge in [0.2, 0.25) is 0 Å². The highest BCUT2D eigenvalue weighted by molar-refractivity contribution is 6.90. The summed E-state index contributed by atoms with van der Waals surface area (Å²) < 4.78 is 5.13. The molecule has 20 aromatic carbocycles. The molecule has 6 nitrogen and oxygen atoms in total. The molecule has 24 aromatic rings. The van der Waals surface area contributed by atoms with Crippen LogP contribution in [0.1, 0.15) is 58.2 Å². The number of aryl methyl sites for hydroxylation is 1. The van der Waals surface area contributed by atoms with Gasteiger partial charge in [0.05, 0.1) is 57.3 Å². The molecule has 0 atom stereocenters. The Balaban J connectivity index is 0.000000156. The summed E-state index contributed by atoms with van der Waals surface area (Å²) in [6, 6.07) is 155. The van der Waals surface area contributed by atoms with Gasteiger partial charge in [-0.05, 0) is 316 Å². The van der Waals surface area contributed by atoms with Crippen molar-refractivity contribution in [3.05, 3.63) is 429 Å². The van der Waals surface area contributed by atoms with Crippen molar-refractivity contribution in [2.24, 2.45) is 0 Å². The van der Waals surface area contributed by atoms with E-state index >= 15 is 0 Å². The molecule has 0 unspecified atom stereocenters. The predicted octanol–water partition coefficient (Wildman–Crippen LogP) is 36.0. The number of hydrogen-bond donors (Lipinski definition) is 0. The topological polar surface area (TPSA) is 21.8 Å². The molecule has 0 aliphatic carbocycles. The molecule has 24 rings (SSSR count). The van der Waals surface area contributed by atoms with Crippen LogP contribution in [0.3, 0.4) is 0 Å². The van der Waals surface area contributed by atoms with E-state index in [4.69, 9.17) is 0 Å². The van der Waals surface area contributed by atoms with E-state index in [1.54, 1.807) is 0 Å². The minimum atomic E-state index is -1.72. The molecule has 0 saturated heterocycles. The fourth-order valence-electron chi connectivity index (χ4n) is 21.8. The molecular weight excluding hydrogens is 1730 g/mol. The Morgan fingerprint density at radius 3 is 0.791 bits per heavy atom. The highest BCUT2D eigenvalue weighted by Crippen LogP contribution is 2.51. The molecule has 0 spiro atoms. The van der Waals surface area contributed by atoms with Crippen LogP contribution >= 0.6 is 0 Å². The highest BCUT2D eigenvalue weighted by atomic mass is 28.3. The number of fused-ring (bicyclic) bond motifs is 16. The van der Waals surface area contributed by atoms with E-state index in [-0.39, 0.29) is 10.8 Å². The second kappa shape index (κ2) is 33.7. The number of aromatic nitrogens is 2. The fourth-order valence-corrected chi connectivity index (χ4v) is 26.1. The van der Waals surface area contributed by atoms with Crippen molar-refractivity contribution in [2.45, 2.75) is 118 Å². The highest BCUT2D eigenvalue weighted by Gasteiger charge is 2.31. The summed E-state index contributed by atoms with van der Waals surface area (Å²) in [6.07, 6.45) is 0. The van der Waals surface area contributed by atoms with E-state index in [0.717, 1.165) is 51.2 Å². The van der Waals surface area contributed by atoms with Crippen molar-refractivity contribution >= 4 is 227 Å². The minimum Gasteiger partial charge on any atom is -0.311 e. The van der Waals surface area contributed by atoms with Crippen LogP contribution in [0.5, 0.6) is 0 Å². The lowest BCUT2D eigenvalue weighted by atomic mass is 9.86. The average molecular weight is 1850 g/mol. The first kappa shape index (κ1) is 87.9. The normalized spacial score (nSPS) is 12.5. The SMILES string of the molecule is CC(C)(C)c1ccc(-c2cc3c4cc5ccc(N(c6ccccc6)c6ccccc6[Si](C)(C)C)cc5cc4n4c5cc6cc(N(c7ccccc7)c7ccccc7[Si](C)(C)C)ccc6cc5c(c2)c34)cc1.Cc1cccc(N(c2ccccc2)c2ccc3cc4c5cc(-c6ccc(C(C)(C)C)cc6)cc6c7cc8ccc(N(c9ccccc9)c9cccc([Si](C)(C)C)c9)cc8cc7n(c4cc3c2)c56)c1. The standard InChI is InChI=1S/C66H61N3Si2.C64H55N3Si/c1-66(2,3)50-32-28-44(29-33-50)49-40-57-55-38-45-30-34-53(67(51-20-12-10-13-21-51)59-24-16-18-26-63(59)70(4,5)6)36-47(45)42-61(55)69-62-43-48-37-54(35-31-46(48)39-56(62)58(41-49)65(57)69)68(52-22-14-11-15-23-52)60-25-17-19-27-64(60)71(7,8)9;1-42-16-14-21-52(32-42)65(50-17-10-8-11-18-50)54-30-26-44-35-57-59-37-48(43-24-28-49(29-25-43)64(2,3)4)38-60-58-36-45-27-31-55(34-47(45)40-62(58)67(63(59)60)61(57)39-46(44)33-54)66(51-19-12-9-13-20-51)53-22-15-23-56(41-53)68(5,6)7/h10-43H,1-9H3;8-41H,1-7H3. The van der Waals surface area contributed by atoms with Gasteiger partial charge < -0.3 is 28.4 Å². The monoisotopic (exact) mass is 1840 g/mol. The third-order valence-electron chi connectivity index (χ3n) is 28.9. The van der Waals surface area contributed by atoms with Crippen LogP contribution in [0.4, 0.5) is 68.2 Å². The minimum absolute atomic E-state index is 0.0798. The summed E-state index contributed by atoms with van der Waals surface area (Å²) in [4.78, 5) is 9.74. The number of rotatable bonds is 17. The van der Waals surface area contributed by atoms with Crippen LogP contribution in [0.2, 0.25) is 58.9 Å². The van der Waals surface area contributed by atoms with Crippen LogP contribution in [0.25, 0.3) is 142 Å². The summed E-state index contributed by atoms with van der Waals surface area (Å²) in [7, 11) is -5.00. The molecule has 0 N–H and O–H groups in total. The summed E-state index contributed by atoms with van der Waals surface area (Å²) in [5, 5.41) is 24.3. The Kier molecular flexibility index (Phi) is 21.3. The van der Waals surface area contributed by atoms with Gasteiger partial charge in [-0.1, -0.05) is 312 Å². The van der Waals surface area contributed by atoms with E-state index in [9.17, 15) is 0 Å². The van der Waals surface area contributed by atoms with Crippen LogP contribution in [-0.4, -0.2) is 33.0 Å². The molecule has 0 bridgehead atoms. The van der Waals surface area contributed by atoms with E-state index in [0.29, 0.717) is 0 Å². The Morgan fingerprint density at radius 2 is 0.482 bits per heavy atom. The zero-order chi connectivity index (χ0) is 95.5. The third-order valence-corrected chi connectivity index (χ3v) is 35.1. The Bertz CT molecular complexity index is 8670. The Labute approximate surface area is 819 Å². The maximum absolute atomic E-state index is 2.57. The molecule has 0 aliphatic heterocycles. The molecule has 0 radical (unpaired) electrons. The van der Waals surface area contributed by atoms with Gasteiger partial charge in [0, 0.05) is 111 Å². The van der Waals surface area contributed by atoms with Crippen LogP contribution < -0.4 is 35.2 Å². The zero-order valence-electron chi connectivity index (χ0n) is 82.4. The summed E-state index contributed by atoms with van der Waals surface area (Å²) in [5.41, 5.74) is 30.5. The number of para-hydroxylation sites is 6. The lowest BCUT2D eigenvalue weighted by Crippen LogP contribution is -2.40. The Morgan fingerprint density at radius 1 is 0.201 bits per heavy atom. The maximum atomic E-state index is 2.57. The van der Waals surface area contributed by atoms with Crippen molar-refractivity contribution < 1.29 is 0 Å². The molecule has 0 amide bonds. The van der Waals surface area contributed by atoms with Gasteiger partial charge in [-0.25, -0.2) is 0 Å². The number of hydrogen-bond acceptors (Lipinski definition) is 4. The van der Waals surface area contributed by atoms with E-state index in [1.807, 2.05) is 0 Å². The third kappa shape index (κ3) is 15.8. The first-order valence-corrected chi connectivity index (χ1v) is 59.7. The zero-order valence-corrected chi connectivity index (χ0v) is 85.4. The summed E-state index contributed by atoms with van der Waals surface area (Å²) in [5.74, 6) is 0. The predicted molar refractivity (Wildman–Crippen MR) is 613 cm³/mol. The van der Waals surface area contributed by atoms with Gasteiger partial charge in [0.25, 0.3) is 0 Å². The van der Waals surface area contributed by atoms with Gasteiger partial charge >= 0.3 is 0 Å². The van der Waals surface area contributed by atoms with Gasteiger partial charge in [0.15, 0.2) is 0 Å². The van der Waals surface area contributed by atoms with E-state index in [1.165, 1.54) is 191 Å². The van der Waals surface area contributed by atoms with Gasteiger partial charge in [-0.15, -0.1) is 0 Å². The van der Waals surface area contributed by atoms with Gasteiger partial charge in [-0.3, -0.25) is 0 Å². The quantitative estimate of drug-likeness (QED) is 0.0847. The van der Waals surface area contributed by atoms with Crippen molar-refractivity contribution in [1.82, 2.24) is 8.80 Å². The van der Waals surface area contributed by atoms with Crippen molar-refractivity contribution in [3.8, 4) is 22.3 Å². The maximum Gasteiger partial charge on any atom is 0.0803 e. The lowest BCUT2D eigenvalue weighted by molar-refractivity contribution is 0.590. The van der Waals surface area contributed by atoms with Crippen molar-refractivity contribution in [1.29, 1.82) is 0 Å². The van der Waals surface area contributed by atoms with Crippen LogP contribution in [-0.2, 0) is 10.8 Å². The molecule has 4 heterocycles. The molecule has 4 aromatic heterocycles. The van der Waals surface area contributed by atoms with E-state index in [2.05, 4.69) is 548 Å². The van der Waals surface area contributed by atoms with Crippen molar-refractivity contribution in [3.63, 3.8) is 0 Å². The van der Waals surface area contributed by atoms with E-state index < -0.39 is 24.2 Å². The number of anilines is 12. The lowest BCUT2D eigenvalue weighted by Gasteiger charge is -2.31. The molecule has 9 heteroatoms. The molecular formula is C130H116N6Si3. The molecule has 0 aliphatic rings. The number of benzene rings is 20. The molecule has 0 saturated carbocycles. The van der Waals surface area contributed by atoms with Crippen LogP contribution in [0.15, 0.2) is 413 Å². The summed E-state index contributed by atoms with van der Waals surface area (Å²) in [6.45, 7) is 37.8. The van der Waals surface area contributed by atoms with Crippen LogP contribution in [0, 0.1) is 6.92 Å². The molecule has 139 heavy (non-hydrogen) atoms. The second-order valence-corrected chi connectivity index (χ2v) is 58.8. The summed E-state index contributed by atoms with van der Waals surface area (Å²) >= 11 is 0. The first-order chi connectivity index (χ1) is 66.9. The Hall–Kier alpha value is -15.1. The fraction of sp³-hybridized carbons (Fsp3) is 0.138. The van der Waals surface area contributed by atoms with Gasteiger partial charge in [0.1, 0.15) is 0 Å². The molecule has 678 valence electrons. The first-order valence-electron chi connectivity index (χ1n) is 49.2. The second-order valence-electron chi connectivity index (χ2n) is 43.6.